The number of benzene rings is 1. The Labute approximate surface area is 307 Å². The second-order valence-corrected chi connectivity index (χ2v) is 21.7. The summed E-state index contributed by atoms with van der Waals surface area (Å²) in [7, 11) is -0.639. The van der Waals surface area contributed by atoms with Crippen LogP contribution in [-0.4, -0.2) is 85.3 Å². The predicted molar refractivity (Wildman–Crippen MR) is 202 cm³/mol. The van der Waals surface area contributed by atoms with Crippen LogP contribution in [0.15, 0.2) is 35.9 Å². The number of carbonyl (C=O) groups excluding carboxylic acids is 5. The van der Waals surface area contributed by atoms with E-state index in [-0.39, 0.29) is 29.9 Å². The summed E-state index contributed by atoms with van der Waals surface area (Å²) in [4.78, 5) is 71.5. The molecule has 0 spiro atoms. The van der Waals surface area contributed by atoms with E-state index in [0.717, 1.165) is 16.0 Å². The summed E-state index contributed by atoms with van der Waals surface area (Å²) in [6.45, 7) is 26.5. The zero-order valence-corrected chi connectivity index (χ0v) is 34.6. The van der Waals surface area contributed by atoms with Gasteiger partial charge in [0, 0.05) is 25.3 Å². The van der Waals surface area contributed by atoms with Crippen LogP contribution in [0.4, 0.5) is 4.79 Å². The largest absolute Gasteiger partial charge is 0.544 e. The van der Waals surface area contributed by atoms with E-state index in [1.54, 1.807) is 41.5 Å². The molecule has 0 bridgehead atoms. The fourth-order valence-electron chi connectivity index (χ4n) is 5.54. The number of hydrogen-bond acceptors (Lipinski definition) is 8. The van der Waals surface area contributed by atoms with Crippen molar-refractivity contribution >= 4 is 38.1 Å². The van der Waals surface area contributed by atoms with Crippen LogP contribution in [0.3, 0.4) is 0 Å². The second kappa shape index (κ2) is 17.2. The summed E-state index contributed by atoms with van der Waals surface area (Å²) in [6.07, 6.45) is 1.35. The van der Waals surface area contributed by atoms with E-state index in [0.29, 0.717) is 12.2 Å². The highest BCUT2D eigenvalue weighted by molar-refractivity contribution is 6.74. The molecule has 12 heteroatoms. The molecule has 4 amide bonds. The van der Waals surface area contributed by atoms with Gasteiger partial charge in [-0.1, -0.05) is 72.2 Å². The van der Waals surface area contributed by atoms with E-state index in [1.165, 1.54) is 18.9 Å². The lowest BCUT2D eigenvalue weighted by molar-refractivity contribution is -0.152. The first-order valence-electron chi connectivity index (χ1n) is 18.0. The lowest BCUT2D eigenvalue weighted by Gasteiger charge is -2.36. The van der Waals surface area contributed by atoms with Gasteiger partial charge in [-0.3, -0.25) is 14.4 Å². The molecule has 51 heavy (non-hydrogen) atoms. The quantitative estimate of drug-likeness (QED) is 0.197. The molecule has 1 aromatic carbocycles. The fraction of sp³-hybridized carbons (Fsp3) is 0.667. The number of cyclic esters (lactones) is 1. The normalized spacial score (nSPS) is 25.1. The van der Waals surface area contributed by atoms with E-state index < -0.39 is 67.7 Å². The van der Waals surface area contributed by atoms with Crippen molar-refractivity contribution in [1.82, 2.24) is 15.1 Å². The lowest BCUT2D eigenvalue weighted by atomic mass is 9.97. The van der Waals surface area contributed by atoms with Crippen LogP contribution in [-0.2, 0) is 35.1 Å². The number of amides is 4. The Morgan fingerprint density at radius 1 is 0.980 bits per heavy atom. The van der Waals surface area contributed by atoms with Gasteiger partial charge < -0.3 is 24.1 Å². The van der Waals surface area contributed by atoms with E-state index >= 15 is 0 Å². The maximum Gasteiger partial charge on any atom is 0.417 e. The Hall–Kier alpha value is -3.67. The molecule has 0 aromatic heterocycles. The number of nitrogens with one attached hydrogen (secondary N) is 1. The van der Waals surface area contributed by atoms with E-state index in [2.05, 4.69) is 39.2 Å². The van der Waals surface area contributed by atoms with Gasteiger partial charge in [-0.05, 0) is 82.8 Å². The standard InChI is InChI=1S/C39H63N3O8Si/c1-24(2)32-36(46)48-23-26(4)20-25(3)21-27(5)34(44)42(37(47)49-38(7,8)9)28(6)35(45)41(13)31(33(43)40-32)22-29-16-18-30(19-17-29)50-51(14,15)39(10,11)12/h16-20,24,26-28,31-32H,21-23H2,1-15H3,(H,40,43)/b25-20+/t26-,27-,28-,31+,32-/m0/s1. The lowest BCUT2D eigenvalue weighted by Crippen LogP contribution is -2.59. The summed E-state index contributed by atoms with van der Waals surface area (Å²) >= 11 is 0. The highest BCUT2D eigenvalue weighted by Gasteiger charge is 2.42. The third kappa shape index (κ3) is 12.2. The van der Waals surface area contributed by atoms with Crippen molar-refractivity contribution in [3.63, 3.8) is 0 Å². The molecule has 5 atom stereocenters. The minimum Gasteiger partial charge on any atom is -0.544 e. The number of ether oxygens (including phenoxy) is 2. The third-order valence-corrected chi connectivity index (χ3v) is 13.9. The van der Waals surface area contributed by atoms with E-state index in [1.807, 2.05) is 44.2 Å². The molecule has 11 nitrogen and oxygen atoms in total. The molecule has 0 fully saturated rings. The summed E-state index contributed by atoms with van der Waals surface area (Å²) in [5.74, 6) is -2.84. The maximum atomic E-state index is 14.3. The molecule has 1 heterocycles. The molecule has 0 radical (unpaired) electrons. The molecule has 0 unspecified atom stereocenters. The molecule has 1 aliphatic heterocycles. The van der Waals surface area contributed by atoms with Crippen molar-refractivity contribution in [2.75, 3.05) is 13.7 Å². The molecule has 1 aliphatic rings. The molecule has 286 valence electrons. The highest BCUT2D eigenvalue weighted by Crippen LogP contribution is 2.37. The topological polar surface area (TPSA) is 132 Å². The molecule has 1 aromatic rings. The number of carbonyl (C=O) groups is 5. The number of likely N-dealkylation sites (N-methyl/N-ethyl adjacent to an activating group) is 1. The highest BCUT2D eigenvalue weighted by atomic mass is 28.4. The Morgan fingerprint density at radius 3 is 2.06 bits per heavy atom. The zero-order valence-electron chi connectivity index (χ0n) is 33.6. The molecular formula is C39H63N3O8Si. The van der Waals surface area contributed by atoms with Crippen LogP contribution in [0.2, 0.25) is 18.1 Å². The van der Waals surface area contributed by atoms with Crippen molar-refractivity contribution in [2.24, 2.45) is 17.8 Å². The van der Waals surface area contributed by atoms with Gasteiger partial charge in [0.05, 0.1) is 6.61 Å². The first-order chi connectivity index (χ1) is 23.3. The van der Waals surface area contributed by atoms with Crippen molar-refractivity contribution < 1.29 is 37.9 Å². The average Bonchev–Trinajstić information content (AvgIpc) is 2.98. The summed E-state index contributed by atoms with van der Waals surface area (Å²) in [5, 5.41) is 2.85. The number of imide groups is 1. The van der Waals surface area contributed by atoms with Crippen LogP contribution in [0.25, 0.3) is 0 Å². The minimum absolute atomic E-state index is 0.000216. The molecule has 0 saturated heterocycles. The maximum absolute atomic E-state index is 14.3. The number of hydrogen-bond donors (Lipinski definition) is 1. The fourth-order valence-corrected chi connectivity index (χ4v) is 6.57. The number of allylic oxidation sites excluding steroid dienone is 1. The number of esters is 1. The molecule has 2 rings (SSSR count). The van der Waals surface area contributed by atoms with Crippen LogP contribution in [0.5, 0.6) is 5.75 Å². The van der Waals surface area contributed by atoms with Gasteiger partial charge in [0.25, 0.3) is 0 Å². The Balaban J connectivity index is 2.64. The zero-order chi connectivity index (χ0) is 39.2. The smallest absolute Gasteiger partial charge is 0.417 e. The van der Waals surface area contributed by atoms with Gasteiger partial charge in [-0.2, -0.15) is 0 Å². The monoisotopic (exact) mass is 729 g/mol. The van der Waals surface area contributed by atoms with Crippen LogP contribution < -0.4 is 9.74 Å². The molecule has 0 saturated carbocycles. The van der Waals surface area contributed by atoms with Gasteiger partial charge in [0.1, 0.15) is 29.5 Å². The van der Waals surface area contributed by atoms with Gasteiger partial charge in [-0.25, -0.2) is 14.5 Å². The first kappa shape index (κ1) is 43.5. The van der Waals surface area contributed by atoms with Crippen molar-refractivity contribution in [2.45, 2.75) is 138 Å². The predicted octanol–water partition coefficient (Wildman–Crippen LogP) is 6.90. The van der Waals surface area contributed by atoms with Crippen molar-refractivity contribution in [1.29, 1.82) is 0 Å². The van der Waals surface area contributed by atoms with Gasteiger partial charge >= 0.3 is 12.1 Å². The van der Waals surface area contributed by atoms with Gasteiger partial charge in [0.15, 0.2) is 0 Å². The Kier molecular flexibility index (Phi) is 14.7. The SMILES string of the molecule is C/C1=C\[C@H](C)COC(=O)[C@H](C(C)C)NC(=O)[C@@H](Cc2ccc(O[Si](C)(C)C(C)(C)C)cc2)N(C)C(=O)[C@H](C)N(C(=O)OC(C)(C)C)C(=O)[C@@H](C)C1. The second-order valence-electron chi connectivity index (χ2n) is 17.0. The average molecular weight is 730 g/mol. The molecule has 0 aliphatic carbocycles. The van der Waals surface area contributed by atoms with Gasteiger partial charge in [0.2, 0.25) is 26.0 Å². The van der Waals surface area contributed by atoms with E-state index in [9.17, 15) is 24.0 Å². The summed E-state index contributed by atoms with van der Waals surface area (Å²) < 4.78 is 17.7. The summed E-state index contributed by atoms with van der Waals surface area (Å²) in [5.41, 5.74) is 0.664. The first-order valence-corrected chi connectivity index (χ1v) is 20.9. The molecule has 1 N–H and O–H groups in total. The summed E-state index contributed by atoms with van der Waals surface area (Å²) in [6, 6.07) is 4.01. The van der Waals surface area contributed by atoms with E-state index in [4.69, 9.17) is 13.9 Å². The van der Waals surface area contributed by atoms with Crippen LogP contribution in [0, 0.1) is 17.8 Å². The van der Waals surface area contributed by atoms with Crippen molar-refractivity contribution in [3.8, 4) is 5.75 Å². The number of nitrogens with zero attached hydrogens (tertiary/aromatic N) is 2. The molecular weight excluding hydrogens is 667 g/mol. The Bertz CT molecular complexity index is 1440. The van der Waals surface area contributed by atoms with Crippen LogP contribution in [0.1, 0.15) is 95.1 Å². The minimum atomic E-state index is -2.10. The van der Waals surface area contributed by atoms with Gasteiger partial charge in [-0.15, -0.1) is 0 Å². The number of rotatable bonds is 5. The van der Waals surface area contributed by atoms with Crippen LogP contribution >= 0.6 is 0 Å². The Morgan fingerprint density at radius 2 is 1.55 bits per heavy atom. The third-order valence-electron chi connectivity index (χ3n) is 9.55. The van der Waals surface area contributed by atoms with Crippen molar-refractivity contribution in [3.05, 3.63) is 41.5 Å².